The quantitative estimate of drug-likeness (QED) is 0.241. The number of benzene rings is 2. The van der Waals surface area contributed by atoms with Crippen LogP contribution in [0.1, 0.15) is 84.9 Å². The monoisotopic (exact) mass is 645 g/mol. The van der Waals surface area contributed by atoms with Gasteiger partial charge < -0.3 is 14.6 Å². The van der Waals surface area contributed by atoms with Gasteiger partial charge in [0.15, 0.2) is 18.0 Å². The molecule has 0 spiro atoms. The zero-order valence-corrected chi connectivity index (χ0v) is 27.8. The van der Waals surface area contributed by atoms with Crippen LogP contribution in [0, 0.1) is 0 Å². The van der Waals surface area contributed by atoms with Gasteiger partial charge in [-0.05, 0) is 53.9 Å². The van der Waals surface area contributed by atoms with E-state index < -0.39 is 24.0 Å². The Balaban J connectivity index is 1.68. The Hall–Kier alpha value is -3.07. The SMILES string of the molecule is CCC(Oc1ccc(C(C)(C)CC)cc1C(C)(C)CC)C(=O)NC1=NN(c2c(Cl)cc(Cl)cc2Cl)C(=O)C1n1ccnc1. The topological polar surface area (TPSA) is 88.8 Å². The minimum atomic E-state index is -1.00. The van der Waals surface area contributed by atoms with Gasteiger partial charge in [0.1, 0.15) is 11.4 Å². The number of carbonyl (C=O) groups is 2. The van der Waals surface area contributed by atoms with Gasteiger partial charge in [-0.3, -0.25) is 9.59 Å². The summed E-state index contributed by atoms with van der Waals surface area (Å²) in [6.07, 6.45) is 6.04. The summed E-state index contributed by atoms with van der Waals surface area (Å²) in [5, 5.41) is 8.99. The smallest absolute Gasteiger partial charge is 0.278 e. The zero-order valence-electron chi connectivity index (χ0n) is 25.5. The molecule has 230 valence electrons. The van der Waals surface area contributed by atoms with E-state index in [4.69, 9.17) is 39.5 Å². The van der Waals surface area contributed by atoms with E-state index in [-0.39, 0.29) is 32.4 Å². The molecule has 2 atom stereocenters. The fourth-order valence-corrected chi connectivity index (χ4v) is 5.76. The number of imidazole rings is 1. The molecular weight excluding hydrogens is 609 g/mol. The first-order chi connectivity index (χ1) is 20.2. The summed E-state index contributed by atoms with van der Waals surface area (Å²) >= 11 is 18.9. The summed E-state index contributed by atoms with van der Waals surface area (Å²) in [6, 6.07) is 8.19. The van der Waals surface area contributed by atoms with Crippen molar-refractivity contribution in [3.8, 4) is 5.75 Å². The fraction of sp³-hybridized carbons (Fsp3) is 0.438. The first-order valence-corrected chi connectivity index (χ1v) is 15.5. The molecule has 4 rings (SSSR count). The summed E-state index contributed by atoms with van der Waals surface area (Å²) in [5.41, 5.74) is 2.24. The molecule has 11 heteroatoms. The number of nitrogens with one attached hydrogen (secondary N) is 1. The number of hydrogen-bond acceptors (Lipinski definition) is 5. The lowest BCUT2D eigenvalue weighted by molar-refractivity contribution is -0.126. The van der Waals surface area contributed by atoms with Gasteiger partial charge >= 0.3 is 0 Å². The van der Waals surface area contributed by atoms with Crippen LogP contribution in [0.25, 0.3) is 0 Å². The maximum atomic E-state index is 13.7. The normalized spacial score (nSPS) is 16.3. The lowest BCUT2D eigenvalue weighted by Gasteiger charge is -2.31. The van der Waals surface area contributed by atoms with Crippen LogP contribution in [-0.4, -0.2) is 33.3 Å². The Morgan fingerprint density at radius 2 is 1.67 bits per heavy atom. The third-order valence-electron chi connectivity index (χ3n) is 8.37. The number of ether oxygens (including phenoxy) is 1. The van der Waals surface area contributed by atoms with Crippen molar-refractivity contribution in [3.05, 3.63) is 75.2 Å². The van der Waals surface area contributed by atoms with Crippen molar-refractivity contribution in [3.63, 3.8) is 0 Å². The van der Waals surface area contributed by atoms with Gasteiger partial charge in [-0.25, -0.2) is 4.98 Å². The highest BCUT2D eigenvalue weighted by molar-refractivity contribution is 6.42. The molecule has 2 unspecified atom stereocenters. The summed E-state index contributed by atoms with van der Waals surface area (Å²) in [4.78, 5) is 31.5. The van der Waals surface area contributed by atoms with Gasteiger partial charge in [0.25, 0.3) is 11.8 Å². The highest BCUT2D eigenvalue weighted by atomic mass is 35.5. The maximum Gasteiger partial charge on any atom is 0.278 e. The summed E-state index contributed by atoms with van der Waals surface area (Å²) in [5.74, 6) is -0.172. The van der Waals surface area contributed by atoms with Gasteiger partial charge in [0.05, 0.1) is 16.4 Å². The van der Waals surface area contributed by atoms with Gasteiger partial charge in [-0.2, -0.15) is 5.01 Å². The van der Waals surface area contributed by atoms with E-state index in [2.05, 4.69) is 69.1 Å². The van der Waals surface area contributed by atoms with Crippen LogP contribution in [-0.2, 0) is 20.4 Å². The van der Waals surface area contributed by atoms with Crippen molar-refractivity contribution in [2.24, 2.45) is 5.10 Å². The van der Waals surface area contributed by atoms with Crippen molar-refractivity contribution in [2.45, 2.75) is 90.7 Å². The molecule has 1 aliphatic heterocycles. The van der Waals surface area contributed by atoms with Crippen molar-refractivity contribution >= 4 is 58.1 Å². The molecule has 2 heterocycles. The van der Waals surface area contributed by atoms with Crippen LogP contribution in [0.4, 0.5) is 5.69 Å². The van der Waals surface area contributed by atoms with Crippen molar-refractivity contribution in [1.82, 2.24) is 14.9 Å². The van der Waals surface area contributed by atoms with E-state index in [9.17, 15) is 9.59 Å². The molecule has 2 amide bonds. The Morgan fingerprint density at radius 3 is 2.23 bits per heavy atom. The second kappa shape index (κ2) is 12.9. The zero-order chi connectivity index (χ0) is 31.7. The second-order valence-corrected chi connectivity index (χ2v) is 13.2. The fourth-order valence-electron chi connectivity index (χ4n) is 4.79. The lowest BCUT2D eigenvalue weighted by Crippen LogP contribution is -2.44. The van der Waals surface area contributed by atoms with E-state index in [0.29, 0.717) is 17.2 Å². The number of nitrogens with zero attached hydrogens (tertiary/aromatic N) is 4. The number of aromatic nitrogens is 2. The minimum absolute atomic E-state index is 0.00409. The van der Waals surface area contributed by atoms with E-state index in [1.165, 1.54) is 30.2 Å². The number of amides is 2. The van der Waals surface area contributed by atoms with E-state index in [0.717, 1.165) is 23.4 Å². The van der Waals surface area contributed by atoms with E-state index in [1.54, 1.807) is 10.8 Å². The molecule has 0 saturated heterocycles. The predicted molar refractivity (Wildman–Crippen MR) is 174 cm³/mol. The standard InChI is InChI=1S/C32H38Cl3N5O3/c1-8-24(43-25-12-11-19(31(4,5)9-2)15-21(25)32(6,7)10-3)29(41)37-28-27(39-14-13-36-18-39)30(42)40(38-28)26-22(34)16-20(33)17-23(26)35/h11-18,24,27H,8-10H2,1-7H3,(H,37,38,41). The van der Waals surface area contributed by atoms with Crippen molar-refractivity contribution in [2.75, 3.05) is 5.01 Å². The Kier molecular flexibility index (Phi) is 9.84. The maximum absolute atomic E-state index is 13.7. The average molecular weight is 647 g/mol. The molecule has 0 radical (unpaired) electrons. The predicted octanol–water partition coefficient (Wildman–Crippen LogP) is 8.09. The molecular formula is C32H38Cl3N5O3. The first-order valence-electron chi connectivity index (χ1n) is 14.4. The summed E-state index contributed by atoms with van der Waals surface area (Å²) < 4.78 is 7.98. The van der Waals surface area contributed by atoms with Crippen molar-refractivity contribution in [1.29, 1.82) is 0 Å². The molecule has 1 N–H and O–H groups in total. The van der Waals surface area contributed by atoms with Gasteiger partial charge in [-0.15, -0.1) is 5.10 Å². The molecule has 2 aromatic carbocycles. The van der Waals surface area contributed by atoms with Crippen molar-refractivity contribution < 1.29 is 14.3 Å². The highest BCUT2D eigenvalue weighted by Gasteiger charge is 2.41. The number of hydrogen-bond donors (Lipinski definition) is 1. The van der Waals surface area contributed by atoms with Crippen LogP contribution < -0.4 is 15.1 Å². The molecule has 8 nitrogen and oxygen atoms in total. The largest absolute Gasteiger partial charge is 0.480 e. The van der Waals surface area contributed by atoms with E-state index in [1.807, 2.05) is 13.0 Å². The number of rotatable bonds is 10. The van der Waals surface area contributed by atoms with Gasteiger partial charge in [-0.1, -0.05) is 95.4 Å². The number of amidine groups is 1. The minimum Gasteiger partial charge on any atom is -0.480 e. The third kappa shape index (κ3) is 6.71. The molecule has 3 aromatic rings. The first kappa shape index (κ1) is 32.8. The van der Waals surface area contributed by atoms with Crippen LogP contribution in [0.3, 0.4) is 0 Å². The molecule has 1 aliphatic rings. The van der Waals surface area contributed by atoms with Gasteiger partial charge in [0.2, 0.25) is 0 Å². The Morgan fingerprint density at radius 1 is 1.02 bits per heavy atom. The van der Waals surface area contributed by atoms with Crippen LogP contribution in [0.15, 0.2) is 54.2 Å². The Labute approximate surface area is 268 Å². The molecule has 0 bridgehead atoms. The number of halogens is 3. The third-order valence-corrected chi connectivity index (χ3v) is 9.16. The molecule has 0 fully saturated rings. The summed E-state index contributed by atoms with van der Waals surface area (Å²) in [6.45, 7) is 15.0. The number of hydrazone groups is 1. The number of carbonyl (C=O) groups excluding carboxylic acids is 2. The van der Waals surface area contributed by atoms with Crippen LogP contribution in [0.2, 0.25) is 15.1 Å². The van der Waals surface area contributed by atoms with E-state index >= 15 is 0 Å². The van der Waals surface area contributed by atoms with Crippen LogP contribution >= 0.6 is 34.8 Å². The Bertz CT molecular complexity index is 1510. The second-order valence-electron chi connectivity index (χ2n) is 12.0. The molecule has 0 aliphatic carbocycles. The molecule has 43 heavy (non-hydrogen) atoms. The average Bonchev–Trinajstić information content (AvgIpc) is 3.59. The molecule has 1 aromatic heterocycles. The molecule has 0 saturated carbocycles. The number of anilines is 1. The highest BCUT2D eigenvalue weighted by Crippen LogP contribution is 2.41. The van der Waals surface area contributed by atoms with Crippen LogP contribution in [0.5, 0.6) is 5.75 Å². The summed E-state index contributed by atoms with van der Waals surface area (Å²) in [7, 11) is 0. The van der Waals surface area contributed by atoms with Gasteiger partial charge in [0, 0.05) is 23.0 Å². The lowest BCUT2D eigenvalue weighted by atomic mass is 9.76.